The molecule has 2 fully saturated rings. The van der Waals surface area contributed by atoms with Gasteiger partial charge in [-0.15, -0.1) is 0 Å². The summed E-state index contributed by atoms with van der Waals surface area (Å²) >= 11 is 0. The second-order valence-corrected chi connectivity index (χ2v) is 7.14. The van der Waals surface area contributed by atoms with Crippen molar-refractivity contribution < 1.29 is 0 Å². The maximum atomic E-state index is 4.33. The summed E-state index contributed by atoms with van der Waals surface area (Å²) in [5.41, 5.74) is 1.32. The van der Waals surface area contributed by atoms with Crippen molar-refractivity contribution in [3.05, 3.63) is 48.7 Å². The van der Waals surface area contributed by atoms with E-state index in [0.29, 0.717) is 0 Å². The van der Waals surface area contributed by atoms with Crippen molar-refractivity contribution in [3.8, 4) is 0 Å². The van der Waals surface area contributed by atoms with Gasteiger partial charge in [0.15, 0.2) is 0 Å². The third kappa shape index (κ3) is 3.56. The SMILES string of the molecule is c1cncc(CN2C[C@H]3CCC[C@@H](CNc4cnccn4)[C@H]3C2)c1. The van der Waals surface area contributed by atoms with Crippen LogP contribution in [0.15, 0.2) is 43.1 Å². The average Bonchev–Trinajstić information content (AvgIpc) is 3.04. The molecule has 0 amide bonds. The summed E-state index contributed by atoms with van der Waals surface area (Å²) in [7, 11) is 0. The summed E-state index contributed by atoms with van der Waals surface area (Å²) in [5.74, 6) is 3.29. The largest absolute Gasteiger partial charge is 0.369 e. The van der Waals surface area contributed by atoms with E-state index >= 15 is 0 Å². The number of anilines is 1. The molecule has 1 saturated heterocycles. The lowest BCUT2D eigenvalue weighted by Gasteiger charge is -2.33. The minimum absolute atomic E-state index is 0.740. The molecule has 2 aromatic heterocycles. The minimum Gasteiger partial charge on any atom is -0.369 e. The van der Waals surface area contributed by atoms with Crippen molar-refractivity contribution in [2.75, 3.05) is 25.0 Å². The maximum Gasteiger partial charge on any atom is 0.144 e. The van der Waals surface area contributed by atoms with Crippen LogP contribution in [0.3, 0.4) is 0 Å². The van der Waals surface area contributed by atoms with Crippen molar-refractivity contribution >= 4 is 5.82 Å². The van der Waals surface area contributed by atoms with Crippen LogP contribution in [0.2, 0.25) is 0 Å². The molecule has 3 heterocycles. The van der Waals surface area contributed by atoms with Crippen LogP contribution in [0, 0.1) is 17.8 Å². The molecule has 3 atom stereocenters. The number of fused-ring (bicyclic) bond motifs is 1. The molecule has 1 aliphatic carbocycles. The number of hydrogen-bond donors (Lipinski definition) is 1. The zero-order valence-electron chi connectivity index (χ0n) is 14.0. The summed E-state index contributed by atoms with van der Waals surface area (Å²) in [5, 5.41) is 3.49. The lowest BCUT2D eigenvalue weighted by Crippen LogP contribution is -2.32. The van der Waals surface area contributed by atoms with E-state index in [-0.39, 0.29) is 0 Å². The molecule has 4 rings (SSSR count). The molecule has 1 saturated carbocycles. The molecule has 0 unspecified atom stereocenters. The Bertz CT molecular complexity index is 633. The Balaban J connectivity index is 1.36. The van der Waals surface area contributed by atoms with Gasteiger partial charge in [0.1, 0.15) is 5.82 Å². The average molecular weight is 323 g/mol. The van der Waals surface area contributed by atoms with E-state index in [1.165, 1.54) is 37.9 Å². The summed E-state index contributed by atoms with van der Waals surface area (Å²) < 4.78 is 0. The highest BCUT2D eigenvalue weighted by Crippen LogP contribution is 2.40. The maximum absolute atomic E-state index is 4.33. The van der Waals surface area contributed by atoms with Crippen LogP contribution in [-0.4, -0.2) is 39.5 Å². The van der Waals surface area contributed by atoms with Crippen LogP contribution in [0.4, 0.5) is 5.82 Å². The number of nitrogens with one attached hydrogen (secondary N) is 1. The predicted molar refractivity (Wildman–Crippen MR) is 94.4 cm³/mol. The van der Waals surface area contributed by atoms with Gasteiger partial charge in [-0.2, -0.15) is 0 Å². The number of nitrogens with zero attached hydrogens (tertiary/aromatic N) is 4. The first-order valence-corrected chi connectivity index (χ1v) is 8.99. The van der Waals surface area contributed by atoms with Gasteiger partial charge in [0.25, 0.3) is 0 Å². The second-order valence-electron chi connectivity index (χ2n) is 7.14. The molecule has 0 spiro atoms. The molecule has 126 valence electrons. The molecule has 1 N–H and O–H groups in total. The van der Waals surface area contributed by atoms with Crippen LogP contribution >= 0.6 is 0 Å². The van der Waals surface area contributed by atoms with Crippen LogP contribution in [0.25, 0.3) is 0 Å². The van der Waals surface area contributed by atoms with Crippen molar-refractivity contribution in [2.45, 2.75) is 25.8 Å². The van der Waals surface area contributed by atoms with Crippen molar-refractivity contribution in [3.63, 3.8) is 0 Å². The zero-order valence-corrected chi connectivity index (χ0v) is 14.0. The summed E-state index contributed by atoms with van der Waals surface area (Å²) in [6, 6.07) is 4.22. The number of rotatable bonds is 5. The first kappa shape index (κ1) is 15.5. The quantitative estimate of drug-likeness (QED) is 0.917. The third-order valence-electron chi connectivity index (χ3n) is 5.56. The fourth-order valence-corrected chi connectivity index (χ4v) is 4.44. The highest BCUT2D eigenvalue weighted by atomic mass is 15.2. The van der Waals surface area contributed by atoms with Gasteiger partial charge in [-0.3, -0.25) is 14.9 Å². The van der Waals surface area contributed by atoms with Gasteiger partial charge in [0.05, 0.1) is 6.20 Å². The Labute approximate surface area is 143 Å². The molecule has 2 aromatic rings. The van der Waals surface area contributed by atoms with Crippen molar-refractivity contribution in [1.29, 1.82) is 0 Å². The van der Waals surface area contributed by atoms with E-state index in [0.717, 1.165) is 36.7 Å². The number of aromatic nitrogens is 3. The minimum atomic E-state index is 0.740. The van der Waals surface area contributed by atoms with Gasteiger partial charge in [0, 0.05) is 51.0 Å². The first-order valence-electron chi connectivity index (χ1n) is 8.99. The molecule has 0 radical (unpaired) electrons. The Morgan fingerprint density at radius 1 is 1.08 bits per heavy atom. The number of hydrogen-bond acceptors (Lipinski definition) is 5. The lowest BCUT2D eigenvalue weighted by atomic mass is 9.74. The Morgan fingerprint density at radius 3 is 2.88 bits per heavy atom. The van der Waals surface area contributed by atoms with Gasteiger partial charge < -0.3 is 5.32 Å². The Hall–Kier alpha value is -2.01. The highest BCUT2D eigenvalue weighted by molar-refractivity contribution is 5.29. The lowest BCUT2D eigenvalue weighted by molar-refractivity contribution is 0.207. The van der Waals surface area contributed by atoms with Crippen LogP contribution in [0.1, 0.15) is 24.8 Å². The fourth-order valence-electron chi connectivity index (χ4n) is 4.44. The van der Waals surface area contributed by atoms with E-state index < -0.39 is 0 Å². The van der Waals surface area contributed by atoms with Crippen LogP contribution in [0.5, 0.6) is 0 Å². The summed E-state index contributed by atoms with van der Waals surface area (Å²) in [6.45, 7) is 4.50. The van der Waals surface area contributed by atoms with Gasteiger partial charge in [-0.25, -0.2) is 4.98 Å². The molecule has 0 aromatic carbocycles. The van der Waals surface area contributed by atoms with E-state index in [2.05, 4.69) is 31.2 Å². The monoisotopic (exact) mass is 323 g/mol. The van der Waals surface area contributed by atoms with Gasteiger partial charge in [-0.05, 0) is 42.2 Å². The second kappa shape index (κ2) is 7.26. The summed E-state index contributed by atoms with van der Waals surface area (Å²) in [4.78, 5) is 15.3. The normalized spacial score (nSPS) is 26.9. The van der Waals surface area contributed by atoms with E-state index in [4.69, 9.17) is 0 Å². The molecular weight excluding hydrogens is 298 g/mol. The highest BCUT2D eigenvalue weighted by Gasteiger charge is 2.39. The van der Waals surface area contributed by atoms with E-state index in [1.807, 2.05) is 24.7 Å². The van der Waals surface area contributed by atoms with E-state index in [9.17, 15) is 0 Å². The molecule has 24 heavy (non-hydrogen) atoms. The van der Waals surface area contributed by atoms with E-state index in [1.54, 1.807) is 12.4 Å². The van der Waals surface area contributed by atoms with Gasteiger partial charge in [-0.1, -0.05) is 12.5 Å². The smallest absolute Gasteiger partial charge is 0.144 e. The van der Waals surface area contributed by atoms with Crippen LogP contribution < -0.4 is 5.32 Å². The van der Waals surface area contributed by atoms with Crippen molar-refractivity contribution in [2.24, 2.45) is 17.8 Å². The molecule has 5 nitrogen and oxygen atoms in total. The summed E-state index contributed by atoms with van der Waals surface area (Å²) in [6.07, 6.45) is 13.2. The van der Waals surface area contributed by atoms with Gasteiger partial charge in [0.2, 0.25) is 0 Å². The molecule has 5 heteroatoms. The molecule has 2 aliphatic rings. The Kier molecular flexibility index (Phi) is 4.69. The predicted octanol–water partition coefficient (Wildman–Crippen LogP) is 2.83. The van der Waals surface area contributed by atoms with Crippen LogP contribution in [-0.2, 0) is 6.54 Å². The topological polar surface area (TPSA) is 53.9 Å². The van der Waals surface area contributed by atoms with Crippen molar-refractivity contribution in [1.82, 2.24) is 19.9 Å². The molecule has 0 bridgehead atoms. The number of likely N-dealkylation sites (tertiary alicyclic amines) is 1. The third-order valence-corrected chi connectivity index (χ3v) is 5.56. The number of pyridine rings is 1. The standard InChI is InChI=1S/C19H25N5/c1-4-16(10-23-19-11-21-7-8-22-19)18-14-24(13-17(18)5-1)12-15-3-2-6-20-9-15/h2-3,6-9,11,16-18H,1,4-5,10,12-14H2,(H,22,23)/t16-,17+,18+/m0/s1. The van der Waals surface area contributed by atoms with Gasteiger partial charge >= 0.3 is 0 Å². The molecule has 1 aliphatic heterocycles. The molecular formula is C19H25N5. The fraction of sp³-hybridized carbons (Fsp3) is 0.526. The Morgan fingerprint density at radius 2 is 2.04 bits per heavy atom. The zero-order chi connectivity index (χ0) is 16.2. The first-order chi connectivity index (χ1) is 11.9.